The number of β-amino-alcohol motifs (C(OH)–C–C–N with tert-alkyl or cyclic N) is 1. The molecule has 8 rings (SSSR count). The minimum Gasteiger partial charge on any atom is -0.489 e. The maximum Gasteiger partial charge on any atom is 0.254 e. The van der Waals surface area contributed by atoms with Gasteiger partial charge in [-0.1, -0.05) is 77.4 Å². The lowest BCUT2D eigenvalue weighted by molar-refractivity contribution is -0.164. The number of nitrogens with one attached hydrogen (secondary N) is 2. The van der Waals surface area contributed by atoms with E-state index < -0.39 is 28.9 Å². The molecule has 2 aliphatic heterocycles. The van der Waals surface area contributed by atoms with Crippen molar-refractivity contribution in [3.63, 3.8) is 0 Å². The van der Waals surface area contributed by atoms with Gasteiger partial charge in [0, 0.05) is 80.9 Å². The zero-order valence-electron chi connectivity index (χ0n) is 40.9. The van der Waals surface area contributed by atoms with Crippen molar-refractivity contribution in [2.24, 2.45) is 16.7 Å². The lowest BCUT2D eigenvalue weighted by Crippen LogP contribution is -2.74. The van der Waals surface area contributed by atoms with Crippen molar-refractivity contribution >= 4 is 46.5 Å². The molecule has 5 aromatic rings. The van der Waals surface area contributed by atoms with Gasteiger partial charge in [0.05, 0.1) is 44.4 Å². The quantitative estimate of drug-likeness (QED) is 0.0884. The third-order valence-corrected chi connectivity index (χ3v) is 15.5. The van der Waals surface area contributed by atoms with Gasteiger partial charge in [-0.15, -0.1) is 11.3 Å². The average Bonchev–Trinajstić information content (AvgIpc) is 4.10. The summed E-state index contributed by atoms with van der Waals surface area (Å²) in [5, 5.41) is 30.7. The zero-order valence-corrected chi connectivity index (χ0v) is 42.5. The Morgan fingerprint density at radius 1 is 1.00 bits per heavy atom. The molecule has 3 N–H and O–H groups in total. The molecule has 18 heteroatoms. The number of aryl methyl sites for hydroxylation is 1. The van der Waals surface area contributed by atoms with Gasteiger partial charge in [-0.25, -0.2) is 9.97 Å². The van der Waals surface area contributed by atoms with Crippen molar-refractivity contribution in [1.29, 1.82) is 5.26 Å². The number of anilines is 1. The largest absolute Gasteiger partial charge is 0.489 e. The number of pyridine rings is 1. The predicted octanol–water partition coefficient (Wildman–Crippen LogP) is 7.42. The van der Waals surface area contributed by atoms with E-state index in [0.717, 1.165) is 53.7 Å². The number of carbonyl (C=O) groups excluding carboxylic acids is 3. The molecule has 0 unspecified atom stereocenters. The fourth-order valence-electron chi connectivity index (χ4n) is 10.6. The first-order chi connectivity index (χ1) is 33.3. The molecule has 70 heavy (non-hydrogen) atoms. The molecule has 5 heterocycles. The van der Waals surface area contributed by atoms with Gasteiger partial charge in [-0.2, -0.15) is 5.26 Å². The number of hydrogen-bond acceptors (Lipinski definition) is 14. The van der Waals surface area contributed by atoms with Crippen molar-refractivity contribution in [2.75, 3.05) is 50.8 Å². The number of aliphatic hydroxyl groups excluding tert-OH is 1. The highest BCUT2D eigenvalue weighted by molar-refractivity contribution is 7.13. The van der Waals surface area contributed by atoms with Crippen LogP contribution in [0.5, 0.6) is 11.6 Å². The second-order valence-corrected chi connectivity index (χ2v) is 21.4. The Balaban J connectivity index is 0.786. The summed E-state index contributed by atoms with van der Waals surface area (Å²) < 4.78 is 18.1. The number of thiazole rings is 1. The fourth-order valence-corrected chi connectivity index (χ4v) is 11.6. The molecule has 16 nitrogen and oxygen atoms in total. The molecular weight excluding hydrogens is 930 g/mol. The Labute approximate surface area is 418 Å². The van der Waals surface area contributed by atoms with Gasteiger partial charge in [-0.3, -0.25) is 19.3 Å². The van der Waals surface area contributed by atoms with Crippen LogP contribution in [0.3, 0.4) is 0 Å². The number of carbonyl (C=O) groups is 3. The molecular formula is C52H62ClN9O7S. The van der Waals surface area contributed by atoms with Crippen LogP contribution in [0.1, 0.15) is 99.8 Å². The first-order valence-electron chi connectivity index (χ1n) is 23.8. The summed E-state index contributed by atoms with van der Waals surface area (Å²) in [5.41, 5.74) is 4.85. The lowest BCUT2D eigenvalue weighted by Gasteiger charge is -2.63. The van der Waals surface area contributed by atoms with Gasteiger partial charge >= 0.3 is 0 Å². The van der Waals surface area contributed by atoms with E-state index in [2.05, 4.69) is 69.3 Å². The van der Waals surface area contributed by atoms with E-state index in [9.17, 15) is 24.8 Å². The number of likely N-dealkylation sites (tertiary alicyclic amines) is 1. The molecule has 0 spiro atoms. The highest BCUT2D eigenvalue weighted by Crippen LogP contribution is 2.55. The summed E-state index contributed by atoms with van der Waals surface area (Å²) in [7, 11) is 0. The van der Waals surface area contributed by atoms with Crippen LogP contribution in [0.2, 0.25) is 5.02 Å². The van der Waals surface area contributed by atoms with Crippen LogP contribution in [-0.2, 0) is 9.59 Å². The third kappa shape index (κ3) is 10.5. The third-order valence-electron chi connectivity index (χ3n) is 14.2. The summed E-state index contributed by atoms with van der Waals surface area (Å²) >= 11 is 7.84. The number of aliphatic hydroxyl groups is 1. The first-order valence-corrected chi connectivity index (χ1v) is 25.1. The van der Waals surface area contributed by atoms with Crippen molar-refractivity contribution in [1.82, 2.24) is 35.6 Å². The van der Waals surface area contributed by atoms with E-state index in [4.69, 9.17) is 25.6 Å². The van der Waals surface area contributed by atoms with Gasteiger partial charge in [-0.05, 0) is 60.3 Å². The number of hydrogen-bond donors (Lipinski definition) is 3. The fraction of sp³-hybridized carbons (Fsp3) is 0.481. The molecule has 1 saturated carbocycles. The summed E-state index contributed by atoms with van der Waals surface area (Å²) in [6.07, 6.45) is 0.706. The van der Waals surface area contributed by atoms with Crippen molar-refractivity contribution in [2.45, 2.75) is 98.1 Å². The number of amides is 3. The predicted molar refractivity (Wildman–Crippen MR) is 267 cm³/mol. The number of nitrogens with zero attached hydrogens (tertiary/aromatic N) is 7. The van der Waals surface area contributed by atoms with Gasteiger partial charge in [0.1, 0.15) is 42.3 Å². The van der Waals surface area contributed by atoms with Crippen LogP contribution in [-0.4, -0.2) is 118 Å². The molecule has 4 atom stereocenters. The Morgan fingerprint density at radius 2 is 1.73 bits per heavy atom. The van der Waals surface area contributed by atoms with E-state index in [1.807, 2.05) is 69.6 Å². The van der Waals surface area contributed by atoms with Crippen LogP contribution in [0.15, 0.2) is 76.9 Å². The van der Waals surface area contributed by atoms with E-state index in [0.29, 0.717) is 40.8 Å². The molecule has 0 bridgehead atoms. The van der Waals surface area contributed by atoms with Gasteiger partial charge in [0.2, 0.25) is 11.8 Å². The number of halogens is 1. The number of nitriles is 1. The average molecular weight is 993 g/mol. The van der Waals surface area contributed by atoms with E-state index >= 15 is 0 Å². The number of ether oxygens (including phenoxy) is 2. The molecule has 3 aromatic heterocycles. The Bertz CT molecular complexity index is 2690. The van der Waals surface area contributed by atoms with Crippen molar-refractivity contribution in [3.05, 3.63) is 106 Å². The SMILES string of the molecule is Cc1ncsc1-c1ccc([C@H](C)NC(=O)[C@@H]2C[C@@H](O)CN2C(=O)[C@H](c2cc(OCCN3CCN(c4ccc(C(=O)N[C@H]5C(C)(C)[C@H](Oc6ccc(C#N)c(Cl)c6)C5(C)C)cn4)CC3)no2)C(C)C)cc1. The van der Waals surface area contributed by atoms with E-state index in [-0.39, 0.29) is 60.7 Å². The molecule has 370 valence electrons. The second-order valence-electron chi connectivity index (χ2n) is 20.2. The Morgan fingerprint density at radius 3 is 2.36 bits per heavy atom. The van der Waals surface area contributed by atoms with Crippen LogP contribution in [0.25, 0.3) is 10.4 Å². The molecule has 3 amide bonds. The summed E-state index contributed by atoms with van der Waals surface area (Å²) in [6, 6.07) is 19.1. The summed E-state index contributed by atoms with van der Waals surface area (Å²) in [6.45, 7) is 20.1. The van der Waals surface area contributed by atoms with Crippen LogP contribution in [0, 0.1) is 35.0 Å². The molecule has 0 radical (unpaired) electrons. The van der Waals surface area contributed by atoms with Crippen LogP contribution < -0.4 is 25.0 Å². The number of rotatable bonds is 16. The second kappa shape index (κ2) is 20.7. The zero-order chi connectivity index (χ0) is 50.1. The van der Waals surface area contributed by atoms with Crippen molar-refractivity contribution in [3.8, 4) is 28.1 Å². The number of piperazine rings is 1. The molecule has 2 aromatic carbocycles. The van der Waals surface area contributed by atoms with Crippen LogP contribution in [0.4, 0.5) is 5.82 Å². The maximum atomic E-state index is 14.2. The van der Waals surface area contributed by atoms with E-state index in [1.54, 1.807) is 41.8 Å². The van der Waals surface area contributed by atoms with Gasteiger partial charge in [0.25, 0.3) is 11.8 Å². The molecule has 3 aliphatic rings. The van der Waals surface area contributed by atoms with Gasteiger partial charge in [0.15, 0.2) is 5.76 Å². The number of benzene rings is 2. The minimum absolute atomic E-state index is 0.0383. The van der Waals surface area contributed by atoms with Crippen LogP contribution >= 0.6 is 22.9 Å². The van der Waals surface area contributed by atoms with E-state index in [1.165, 1.54) is 4.90 Å². The highest BCUT2D eigenvalue weighted by Gasteiger charge is 2.64. The Hall–Kier alpha value is -6.06. The van der Waals surface area contributed by atoms with Gasteiger partial charge < -0.3 is 39.5 Å². The Kier molecular flexibility index (Phi) is 14.9. The topological polar surface area (TPSA) is 199 Å². The smallest absolute Gasteiger partial charge is 0.254 e. The van der Waals surface area contributed by atoms with Crippen molar-refractivity contribution < 1.29 is 33.5 Å². The normalized spacial score (nSPS) is 21.6. The lowest BCUT2D eigenvalue weighted by atomic mass is 9.49. The summed E-state index contributed by atoms with van der Waals surface area (Å²) in [4.78, 5) is 57.5. The highest BCUT2D eigenvalue weighted by atomic mass is 35.5. The monoisotopic (exact) mass is 991 g/mol. The minimum atomic E-state index is -0.843. The molecule has 1 aliphatic carbocycles. The standard InChI is InChI=1S/C52H62ClN9O7S/c1-30(2)44(48(66)62-28-37(63)23-40(62)47(65)57-31(3)33-9-11-34(12-10-33)45-32(4)56-29-70-45)41-25-43(59-69-41)67-22-21-60-17-19-61(20-18-60)42-16-14-36(27-55-42)46(64)58-49-51(5,6)50(52(49,7)8)68-38-15-13-35(26-54)39(53)24-38/h9-16,24-25,27,29-31,37,40,44,49-50,63H,17-23,28H2,1-8H3,(H,57,65)(H,58,64)/t31-,37+,40-,44-,49-,50-/m0/s1. The maximum absolute atomic E-state index is 14.2. The molecule has 2 saturated heterocycles. The molecule has 3 fully saturated rings. The number of aromatic nitrogens is 3. The first kappa shape index (κ1) is 50.3. The summed E-state index contributed by atoms with van der Waals surface area (Å²) in [5.74, 6) is 0.204.